The Morgan fingerprint density at radius 1 is 1.18 bits per heavy atom. The number of nitrogens with zero attached hydrogens (tertiary/aromatic N) is 6. The molecule has 0 N–H and O–H groups in total. The van der Waals surface area contributed by atoms with Gasteiger partial charge in [-0.25, -0.2) is 13.9 Å². The molecule has 4 aromatic rings. The van der Waals surface area contributed by atoms with E-state index in [1.54, 1.807) is 23.0 Å². The van der Waals surface area contributed by atoms with Crippen LogP contribution in [-0.2, 0) is 6.54 Å². The number of halogens is 5. The van der Waals surface area contributed by atoms with Crippen LogP contribution in [0.5, 0.6) is 0 Å². The minimum atomic E-state index is -4.50. The maximum Gasteiger partial charge on any atom is 0.408 e. The van der Waals surface area contributed by atoms with Gasteiger partial charge in [0, 0.05) is 35.5 Å². The molecule has 0 amide bonds. The average molecular weight is 411 g/mol. The van der Waals surface area contributed by atoms with Gasteiger partial charge in [0.25, 0.3) is 0 Å². The van der Waals surface area contributed by atoms with E-state index in [1.165, 1.54) is 12.4 Å². The smallest absolute Gasteiger partial charge is 0.257 e. The summed E-state index contributed by atoms with van der Waals surface area (Å²) in [6, 6.07) is 1.68. The number of hydrogen-bond acceptors (Lipinski definition) is 4. The highest BCUT2D eigenvalue weighted by Gasteiger charge is 2.44. The Morgan fingerprint density at radius 3 is 2.79 bits per heavy atom. The van der Waals surface area contributed by atoms with E-state index in [0.29, 0.717) is 16.7 Å². The van der Waals surface area contributed by atoms with Crippen LogP contribution >= 0.6 is 11.6 Å². The van der Waals surface area contributed by atoms with E-state index < -0.39 is 18.5 Å². The predicted octanol–water partition coefficient (Wildman–Crippen LogP) is 4.10. The van der Waals surface area contributed by atoms with Crippen LogP contribution in [0, 0.1) is 5.82 Å². The molecule has 1 aliphatic rings. The molecule has 1 saturated carbocycles. The highest BCUT2D eigenvalue weighted by molar-refractivity contribution is 6.29. The summed E-state index contributed by atoms with van der Waals surface area (Å²) in [6.45, 7) is -1.36. The van der Waals surface area contributed by atoms with Crippen molar-refractivity contribution in [1.29, 1.82) is 0 Å². The molecule has 4 heterocycles. The number of rotatable bonds is 3. The standard InChI is InChI=1S/C17H11ClF4N6/c18-12-4-11(16-23-1-2-27(16)26-12)9-3-10(9)14-13(19)15-8(5-24-14)6-25-28(15)7-17(20,21)22/h1-2,4-6,9-10H,3,7H2/t9?,10-/m0/s1. The van der Waals surface area contributed by atoms with Gasteiger partial charge in [-0.3, -0.25) is 9.67 Å². The first-order valence-electron chi connectivity index (χ1n) is 8.38. The van der Waals surface area contributed by atoms with Crippen molar-refractivity contribution in [3.8, 4) is 0 Å². The van der Waals surface area contributed by atoms with Crippen LogP contribution in [-0.4, -0.2) is 35.5 Å². The molecule has 28 heavy (non-hydrogen) atoms. The van der Waals surface area contributed by atoms with Crippen LogP contribution in [0.25, 0.3) is 16.6 Å². The second kappa shape index (κ2) is 5.87. The molecule has 6 nitrogen and oxygen atoms in total. The quantitative estimate of drug-likeness (QED) is 0.477. The summed E-state index contributed by atoms with van der Waals surface area (Å²) in [5.74, 6) is -1.15. The van der Waals surface area contributed by atoms with Crippen molar-refractivity contribution in [2.24, 2.45) is 0 Å². The van der Waals surface area contributed by atoms with E-state index in [-0.39, 0.29) is 33.6 Å². The van der Waals surface area contributed by atoms with Gasteiger partial charge in [0.05, 0.1) is 11.9 Å². The van der Waals surface area contributed by atoms with Crippen molar-refractivity contribution >= 4 is 28.2 Å². The van der Waals surface area contributed by atoms with E-state index in [0.717, 1.165) is 5.56 Å². The number of hydrogen-bond donors (Lipinski definition) is 0. The Labute approximate surface area is 159 Å². The lowest BCUT2D eigenvalue weighted by atomic mass is 10.1. The van der Waals surface area contributed by atoms with E-state index in [1.807, 2.05) is 0 Å². The molecule has 0 spiro atoms. The molecule has 4 aromatic heterocycles. The fourth-order valence-corrected chi connectivity index (χ4v) is 3.82. The van der Waals surface area contributed by atoms with Gasteiger partial charge in [0.2, 0.25) is 0 Å². The lowest BCUT2D eigenvalue weighted by Gasteiger charge is -2.09. The summed E-state index contributed by atoms with van der Waals surface area (Å²) in [5, 5.41) is 8.28. The van der Waals surface area contributed by atoms with Gasteiger partial charge in [0.15, 0.2) is 11.5 Å². The first-order valence-corrected chi connectivity index (χ1v) is 8.76. The van der Waals surface area contributed by atoms with E-state index >= 15 is 4.39 Å². The number of alkyl halides is 3. The zero-order valence-electron chi connectivity index (χ0n) is 14.0. The van der Waals surface area contributed by atoms with Crippen molar-refractivity contribution in [3.63, 3.8) is 0 Å². The zero-order chi connectivity index (χ0) is 19.6. The largest absolute Gasteiger partial charge is 0.408 e. The number of imidazole rings is 1. The Kier molecular flexibility index (Phi) is 3.64. The fraction of sp³-hybridized carbons (Fsp3) is 0.294. The molecule has 144 valence electrons. The molecule has 2 atom stereocenters. The van der Waals surface area contributed by atoms with E-state index in [2.05, 4.69) is 20.2 Å². The van der Waals surface area contributed by atoms with Gasteiger partial charge in [0.1, 0.15) is 17.2 Å². The first kappa shape index (κ1) is 17.4. The summed E-state index contributed by atoms with van der Waals surface area (Å²) < 4.78 is 55.6. The number of aromatic nitrogens is 6. The third-order valence-electron chi connectivity index (χ3n) is 4.87. The molecular formula is C17H11ClF4N6. The third kappa shape index (κ3) is 2.79. The summed E-state index contributed by atoms with van der Waals surface area (Å²) in [6.07, 6.45) is 1.86. The van der Waals surface area contributed by atoms with Gasteiger partial charge < -0.3 is 0 Å². The Hall–Kier alpha value is -2.75. The SMILES string of the molecule is Fc1c([C@H]2CC2c2cc(Cl)nn3ccnc23)ncc2cnn(CC(F)(F)F)c12. The Bertz CT molecular complexity index is 1210. The molecule has 0 aliphatic heterocycles. The molecule has 5 rings (SSSR count). The van der Waals surface area contributed by atoms with Gasteiger partial charge in [-0.1, -0.05) is 11.6 Å². The Balaban J connectivity index is 1.55. The topological polar surface area (TPSA) is 60.9 Å². The highest BCUT2D eigenvalue weighted by atomic mass is 35.5. The van der Waals surface area contributed by atoms with Crippen molar-refractivity contribution in [2.75, 3.05) is 0 Å². The van der Waals surface area contributed by atoms with Crippen molar-refractivity contribution in [3.05, 3.63) is 53.1 Å². The predicted molar refractivity (Wildman–Crippen MR) is 91.6 cm³/mol. The van der Waals surface area contributed by atoms with Crippen LogP contribution in [0.15, 0.2) is 30.9 Å². The minimum absolute atomic E-state index is 0.0937. The Morgan fingerprint density at radius 2 is 2.00 bits per heavy atom. The van der Waals surface area contributed by atoms with Crippen LogP contribution in [0.2, 0.25) is 5.15 Å². The summed E-state index contributed by atoms with van der Waals surface area (Å²) in [4.78, 5) is 8.41. The number of pyridine rings is 1. The molecule has 1 unspecified atom stereocenters. The van der Waals surface area contributed by atoms with Gasteiger partial charge >= 0.3 is 6.18 Å². The van der Waals surface area contributed by atoms with E-state index in [9.17, 15) is 13.2 Å². The zero-order valence-corrected chi connectivity index (χ0v) is 14.8. The summed E-state index contributed by atoms with van der Waals surface area (Å²) in [5.41, 5.74) is 1.35. The van der Waals surface area contributed by atoms with E-state index in [4.69, 9.17) is 11.6 Å². The van der Waals surface area contributed by atoms with Crippen molar-refractivity contribution in [1.82, 2.24) is 29.4 Å². The van der Waals surface area contributed by atoms with Crippen LogP contribution < -0.4 is 0 Å². The first-order chi connectivity index (χ1) is 13.3. The monoisotopic (exact) mass is 410 g/mol. The normalized spacial score (nSPS) is 19.6. The average Bonchev–Trinajstić information content (AvgIpc) is 3.05. The number of fused-ring (bicyclic) bond motifs is 2. The van der Waals surface area contributed by atoms with Crippen LogP contribution in [0.4, 0.5) is 17.6 Å². The second-order valence-electron chi connectivity index (χ2n) is 6.75. The second-order valence-corrected chi connectivity index (χ2v) is 7.13. The lowest BCUT2D eigenvalue weighted by molar-refractivity contribution is -0.141. The summed E-state index contributed by atoms with van der Waals surface area (Å²) in [7, 11) is 0. The molecule has 11 heteroatoms. The van der Waals surface area contributed by atoms with Gasteiger partial charge in [-0.15, -0.1) is 0 Å². The molecule has 1 fully saturated rings. The maximum atomic E-state index is 15.1. The van der Waals surface area contributed by atoms with Crippen LogP contribution in [0.1, 0.15) is 29.5 Å². The minimum Gasteiger partial charge on any atom is -0.257 e. The van der Waals surface area contributed by atoms with Gasteiger partial charge in [-0.05, 0) is 18.4 Å². The molecule has 0 bridgehead atoms. The summed E-state index contributed by atoms with van der Waals surface area (Å²) >= 11 is 6.06. The maximum absolute atomic E-state index is 15.1. The lowest BCUT2D eigenvalue weighted by Crippen LogP contribution is -2.19. The molecule has 0 aromatic carbocycles. The highest BCUT2D eigenvalue weighted by Crippen LogP contribution is 2.55. The fourth-order valence-electron chi connectivity index (χ4n) is 3.62. The molecule has 0 radical (unpaired) electrons. The van der Waals surface area contributed by atoms with Crippen molar-refractivity contribution in [2.45, 2.75) is 31.0 Å². The van der Waals surface area contributed by atoms with Gasteiger partial charge in [-0.2, -0.15) is 23.4 Å². The molecular weight excluding hydrogens is 400 g/mol. The third-order valence-corrected chi connectivity index (χ3v) is 5.06. The van der Waals surface area contributed by atoms with Crippen molar-refractivity contribution < 1.29 is 17.6 Å². The molecule has 0 saturated heterocycles. The van der Waals surface area contributed by atoms with Crippen LogP contribution in [0.3, 0.4) is 0 Å². The molecule has 1 aliphatic carbocycles.